The number of esters is 2. The van der Waals surface area contributed by atoms with Gasteiger partial charge in [0.1, 0.15) is 9.75 Å². The van der Waals surface area contributed by atoms with E-state index in [0.717, 1.165) is 14.2 Å². The Kier molecular flexibility index (Phi) is 4.41. The van der Waals surface area contributed by atoms with Crippen LogP contribution in [-0.4, -0.2) is 40.2 Å². The lowest BCUT2D eigenvalue weighted by molar-refractivity contribution is -0.157. The summed E-state index contributed by atoms with van der Waals surface area (Å²) in [6.45, 7) is 0. The van der Waals surface area contributed by atoms with Gasteiger partial charge in [-0.15, -0.1) is 23.2 Å². The quantitative estimate of drug-likeness (QED) is 0.511. The maximum Gasteiger partial charge on any atom is 0.311 e. The van der Waals surface area contributed by atoms with Crippen molar-refractivity contribution in [1.29, 1.82) is 0 Å². The van der Waals surface area contributed by atoms with E-state index in [1.807, 2.05) is 0 Å². The van der Waals surface area contributed by atoms with E-state index in [9.17, 15) is 9.59 Å². The SMILES string of the molecule is COC(=O)[C@H]1[C@H](C(=O)OC)[C@]2(Cl)C(Cl)=C(Cl)[C@]1(Cl)C2(Cl)Cl. The number of methoxy groups -OCH3 is 2. The molecule has 118 valence electrons. The third-order valence-corrected chi connectivity index (χ3v) is 8.10. The molecule has 0 aromatic rings. The van der Waals surface area contributed by atoms with Gasteiger partial charge in [-0.2, -0.15) is 0 Å². The van der Waals surface area contributed by atoms with Crippen molar-refractivity contribution in [1.82, 2.24) is 0 Å². The maximum atomic E-state index is 12.1. The fourth-order valence-corrected chi connectivity index (χ4v) is 5.75. The Bertz CT molecular complexity index is 515. The van der Waals surface area contributed by atoms with E-state index in [1.54, 1.807) is 0 Å². The van der Waals surface area contributed by atoms with E-state index in [0.29, 0.717) is 0 Å². The summed E-state index contributed by atoms with van der Waals surface area (Å²) in [6.07, 6.45) is 0. The zero-order valence-electron chi connectivity index (χ0n) is 10.6. The summed E-state index contributed by atoms with van der Waals surface area (Å²) in [7, 11) is 2.24. The number of hydrogen-bond acceptors (Lipinski definition) is 4. The minimum atomic E-state index is -2.02. The Morgan fingerprint density at radius 3 is 1.38 bits per heavy atom. The molecule has 2 rings (SSSR count). The predicted octanol–water partition coefficient (Wildman–Crippen LogP) is 3.41. The Labute approximate surface area is 150 Å². The van der Waals surface area contributed by atoms with Crippen LogP contribution in [-0.2, 0) is 19.1 Å². The van der Waals surface area contributed by atoms with Gasteiger partial charge in [0.15, 0.2) is 4.33 Å². The summed E-state index contributed by atoms with van der Waals surface area (Å²) in [6, 6.07) is 0. The molecule has 0 N–H and O–H groups in total. The van der Waals surface area contributed by atoms with Crippen LogP contribution < -0.4 is 0 Å². The Balaban J connectivity index is 2.79. The second-order valence-electron chi connectivity index (χ2n) is 4.63. The molecule has 0 aromatic carbocycles. The van der Waals surface area contributed by atoms with Crippen molar-refractivity contribution in [2.24, 2.45) is 11.8 Å². The van der Waals surface area contributed by atoms with E-state index < -0.39 is 37.9 Å². The molecule has 21 heavy (non-hydrogen) atoms. The smallest absolute Gasteiger partial charge is 0.311 e. The first-order valence-electron chi connectivity index (χ1n) is 5.50. The average molecular weight is 417 g/mol. The molecule has 1 fully saturated rings. The molecule has 10 heteroatoms. The highest BCUT2D eigenvalue weighted by Gasteiger charge is 2.85. The van der Waals surface area contributed by atoms with Crippen molar-refractivity contribution in [2.75, 3.05) is 14.2 Å². The molecule has 4 nitrogen and oxygen atoms in total. The van der Waals surface area contributed by atoms with E-state index in [1.165, 1.54) is 0 Å². The molecular weight excluding hydrogens is 409 g/mol. The number of carbonyl (C=O) groups is 2. The van der Waals surface area contributed by atoms with Gasteiger partial charge in [0, 0.05) is 0 Å². The molecule has 2 bridgehead atoms. The first-order chi connectivity index (χ1) is 9.53. The van der Waals surface area contributed by atoms with Crippen molar-refractivity contribution < 1.29 is 19.1 Å². The summed E-state index contributed by atoms with van der Waals surface area (Å²) < 4.78 is 7.32. The molecule has 0 heterocycles. The fraction of sp³-hybridized carbons (Fsp3) is 0.636. The Hall–Kier alpha value is 0.420. The van der Waals surface area contributed by atoms with Gasteiger partial charge in [-0.25, -0.2) is 0 Å². The fourth-order valence-electron chi connectivity index (χ4n) is 2.83. The van der Waals surface area contributed by atoms with Crippen LogP contribution in [0.4, 0.5) is 0 Å². The van der Waals surface area contributed by atoms with Crippen LogP contribution in [0.15, 0.2) is 10.1 Å². The van der Waals surface area contributed by atoms with Gasteiger partial charge in [-0.1, -0.05) is 46.4 Å². The molecule has 2 aliphatic rings. The number of rotatable bonds is 2. The topological polar surface area (TPSA) is 52.6 Å². The summed E-state index contributed by atoms with van der Waals surface area (Å²) >= 11 is 37.6. The monoisotopic (exact) mass is 414 g/mol. The molecule has 4 atom stereocenters. The van der Waals surface area contributed by atoms with Gasteiger partial charge in [-0.3, -0.25) is 9.59 Å². The molecule has 0 spiro atoms. The van der Waals surface area contributed by atoms with Gasteiger partial charge < -0.3 is 9.47 Å². The molecule has 0 amide bonds. The van der Waals surface area contributed by atoms with Crippen LogP contribution in [0.5, 0.6) is 0 Å². The number of allylic oxidation sites excluding steroid dienone is 2. The standard InChI is InChI=1S/C11H8Cl6O4/c1-20-7(18)3-4(8(19)21-2)10(15)6(13)5(12)9(3,14)11(10,16)17/h3-4H,1-2H3/t3-,4-,9+,10+/m1/s1. The molecule has 0 saturated heterocycles. The highest BCUT2D eigenvalue weighted by atomic mass is 35.5. The summed E-state index contributed by atoms with van der Waals surface area (Å²) in [4.78, 5) is 20.4. The maximum absolute atomic E-state index is 12.1. The lowest BCUT2D eigenvalue weighted by Gasteiger charge is -2.32. The highest BCUT2D eigenvalue weighted by Crippen LogP contribution is 2.76. The third kappa shape index (κ3) is 1.78. The molecule has 0 radical (unpaired) electrons. The summed E-state index contributed by atoms with van der Waals surface area (Å²) in [5.41, 5.74) is 0. The first-order valence-corrected chi connectivity index (χ1v) is 7.77. The number of fused-ring (bicyclic) bond motifs is 2. The van der Waals surface area contributed by atoms with E-state index in [2.05, 4.69) is 9.47 Å². The highest BCUT2D eigenvalue weighted by molar-refractivity contribution is 6.66. The van der Waals surface area contributed by atoms with Gasteiger partial charge in [0.2, 0.25) is 0 Å². The van der Waals surface area contributed by atoms with Gasteiger partial charge in [0.05, 0.1) is 36.1 Å². The van der Waals surface area contributed by atoms with Gasteiger partial charge in [-0.05, 0) is 0 Å². The molecule has 0 aromatic heterocycles. The minimum Gasteiger partial charge on any atom is -0.469 e. The van der Waals surface area contributed by atoms with Crippen LogP contribution in [0.2, 0.25) is 0 Å². The van der Waals surface area contributed by atoms with Gasteiger partial charge in [0.25, 0.3) is 0 Å². The summed E-state index contributed by atoms with van der Waals surface area (Å²) in [5.74, 6) is -4.40. The van der Waals surface area contributed by atoms with Crippen molar-refractivity contribution >= 4 is 81.5 Å². The summed E-state index contributed by atoms with van der Waals surface area (Å²) in [5, 5.41) is -0.386. The zero-order valence-corrected chi connectivity index (χ0v) is 15.1. The van der Waals surface area contributed by atoms with Crippen molar-refractivity contribution in [2.45, 2.75) is 14.1 Å². The normalized spacial score (nSPS) is 40.4. The van der Waals surface area contributed by atoms with Crippen molar-refractivity contribution in [3.8, 4) is 0 Å². The van der Waals surface area contributed by atoms with Crippen LogP contribution in [0.1, 0.15) is 0 Å². The largest absolute Gasteiger partial charge is 0.469 e. The van der Waals surface area contributed by atoms with E-state index in [4.69, 9.17) is 69.6 Å². The van der Waals surface area contributed by atoms with Crippen molar-refractivity contribution in [3.63, 3.8) is 0 Å². The predicted molar refractivity (Wildman–Crippen MR) is 81.3 cm³/mol. The average Bonchev–Trinajstić information content (AvgIpc) is 2.65. The molecular formula is C11H8Cl6O4. The Morgan fingerprint density at radius 1 is 0.857 bits per heavy atom. The Morgan fingerprint density at radius 2 is 1.14 bits per heavy atom. The van der Waals surface area contributed by atoms with Gasteiger partial charge >= 0.3 is 11.9 Å². The molecule has 1 saturated carbocycles. The molecule has 2 aliphatic carbocycles. The second kappa shape index (κ2) is 5.22. The lowest BCUT2D eigenvalue weighted by atomic mass is 9.82. The van der Waals surface area contributed by atoms with Crippen LogP contribution >= 0.6 is 69.6 Å². The van der Waals surface area contributed by atoms with E-state index >= 15 is 0 Å². The number of halogens is 6. The first kappa shape index (κ1) is 17.8. The van der Waals surface area contributed by atoms with Crippen LogP contribution in [0, 0.1) is 11.8 Å². The van der Waals surface area contributed by atoms with Crippen LogP contribution in [0.3, 0.4) is 0 Å². The number of carbonyl (C=O) groups excluding carboxylic acids is 2. The lowest BCUT2D eigenvalue weighted by Crippen LogP contribution is -2.46. The minimum absolute atomic E-state index is 0.193. The third-order valence-electron chi connectivity index (χ3n) is 3.85. The number of ether oxygens (including phenoxy) is 2. The zero-order chi connectivity index (χ0) is 16.4. The van der Waals surface area contributed by atoms with E-state index in [-0.39, 0.29) is 10.1 Å². The molecule has 0 unspecified atom stereocenters. The second-order valence-corrected chi connectivity index (χ2v) is 7.90. The number of hydrogen-bond donors (Lipinski definition) is 0. The van der Waals surface area contributed by atoms with Crippen LogP contribution in [0.25, 0.3) is 0 Å². The number of alkyl halides is 4. The molecule has 0 aliphatic heterocycles. The van der Waals surface area contributed by atoms with Crippen molar-refractivity contribution in [3.05, 3.63) is 10.1 Å².